The van der Waals surface area contributed by atoms with E-state index in [4.69, 9.17) is 9.29 Å². The average Bonchev–Trinajstić information content (AvgIpc) is 2.96. The summed E-state index contributed by atoms with van der Waals surface area (Å²) in [5, 5.41) is 8.53. The highest BCUT2D eigenvalue weighted by Crippen LogP contribution is 2.33. The first-order valence-corrected chi connectivity index (χ1v) is 8.51. The standard InChI is InChI=1S/C14H20N4O3S/c1-21-12-6-7-14-13(8-12)16-17-18(14)11-4-2-10(3-5-11)9-15-22(19)20/h6-8,10-11,15H,2-5,9H2,1H3,(H,19,20). The van der Waals surface area contributed by atoms with E-state index in [1.54, 1.807) is 7.11 Å². The number of methoxy groups -OCH3 is 1. The molecule has 0 amide bonds. The number of fused-ring (bicyclic) bond motifs is 1. The number of rotatable bonds is 5. The molecular formula is C14H20N4O3S. The van der Waals surface area contributed by atoms with E-state index < -0.39 is 11.3 Å². The van der Waals surface area contributed by atoms with Gasteiger partial charge in [-0.15, -0.1) is 5.10 Å². The van der Waals surface area contributed by atoms with Crippen LogP contribution in [0.4, 0.5) is 0 Å². The van der Waals surface area contributed by atoms with Crippen LogP contribution >= 0.6 is 0 Å². The molecule has 120 valence electrons. The molecule has 0 aliphatic heterocycles. The number of nitrogens with one attached hydrogen (secondary N) is 1. The third-order valence-electron chi connectivity index (χ3n) is 4.34. The lowest BCUT2D eigenvalue weighted by Crippen LogP contribution is -2.28. The van der Waals surface area contributed by atoms with E-state index >= 15 is 0 Å². The van der Waals surface area contributed by atoms with Gasteiger partial charge in [-0.05, 0) is 43.7 Å². The first-order valence-electron chi connectivity index (χ1n) is 7.40. The van der Waals surface area contributed by atoms with Gasteiger partial charge in [0.2, 0.25) is 11.3 Å². The van der Waals surface area contributed by atoms with E-state index in [1.807, 2.05) is 22.9 Å². The van der Waals surface area contributed by atoms with E-state index in [1.165, 1.54) is 0 Å². The van der Waals surface area contributed by atoms with Crippen LogP contribution in [0.25, 0.3) is 11.0 Å². The van der Waals surface area contributed by atoms with E-state index in [0.29, 0.717) is 18.5 Å². The summed E-state index contributed by atoms with van der Waals surface area (Å²) in [5.41, 5.74) is 1.87. The van der Waals surface area contributed by atoms with Gasteiger partial charge in [0.05, 0.1) is 18.7 Å². The van der Waals surface area contributed by atoms with Gasteiger partial charge >= 0.3 is 0 Å². The second-order valence-electron chi connectivity index (χ2n) is 5.66. The van der Waals surface area contributed by atoms with Crippen LogP contribution in [0.2, 0.25) is 0 Å². The Bertz CT molecular complexity index is 667. The van der Waals surface area contributed by atoms with Gasteiger partial charge in [-0.25, -0.2) is 13.6 Å². The first kappa shape index (κ1) is 15.4. The second kappa shape index (κ2) is 6.72. The van der Waals surface area contributed by atoms with Gasteiger partial charge < -0.3 is 4.74 Å². The van der Waals surface area contributed by atoms with Gasteiger partial charge in [0.25, 0.3) is 0 Å². The molecule has 1 atom stereocenters. The van der Waals surface area contributed by atoms with Crippen molar-refractivity contribution in [3.05, 3.63) is 18.2 Å². The van der Waals surface area contributed by atoms with Crippen molar-refractivity contribution in [1.29, 1.82) is 0 Å². The summed E-state index contributed by atoms with van der Waals surface area (Å²) in [6, 6.07) is 6.16. The Morgan fingerprint density at radius 1 is 1.41 bits per heavy atom. The lowest BCUT2D eigenvalue weighted by atomic mass is 9.86. The number of hydrogen-bond acceptors (Lipinski definition) is 4. The SMILES string of the molecule is COc1ccc2c(c1)nnn2C1CCC(CNS(=O)O)CC1. The fraction of sp³-hybridized carbons (Fsp3) is 0.571. The zero-order valence-corrected chi connectivity index (χ0v) is 13.3. The van der Waals surface area contributed by atoms with E-state index in [9.17, 15) is 4.21 Å². The Labute approximate surface area is 131 Å². The van der Waals surface area contributed by atoms with Crippen LogP contribution in [-0.4, -0.2) is 37.4 Å². The second-order valence-corrected chi connectivity index (χ2v) is 6.45. The van der Waals surface area contributed by atoms with Crippen LogP contribution in [0, 0.1) is 5.92 Å². The molecule has 1 saturated carbocycles. The Kier molecular flexibility index (Phi) is 4.70. The molecule has 0 bridgehead atoms. The summed E-state index contributed by atoms with van der Waals surface area (Å²) in [6.07, 6.45) is 4.06. The normalized spacial score (nSPS) is 23.5. The van der Waals surface area contributed by atoms with Crippen molar-refractivity contribution in [1.82, 2.24) is 19.7 Å². The summed E-state index contributed by atoms with van der Waals surface area (Å²) >= 11 is -1.92. The molecule has 0 spiro atoms. The zero-order valence-electron chi connectivity index (χ0n) is 12.4. The van der Waals surface area contributed by atoms with Crippen LogP contribution in [0.5, 0.6) is 5.75 Å². The minimum Gasteiger partial charge on any atom is -0.497 e. The van der Waals surface area contributed by atoms with E-state index in [2.05, 4.69) is 15.0 Å². The van der Waals surface area contributed by atoms with Crippen molar-refractivity contribution in [3.63, 3.8) is 0 Å². The molecule has 1 fully saturated rings. The van der Waals surface area contributed by atoms with Crippen molar-refractivity contribution in [2.24, 2.45) is 5.92 Å². The highest BCUT2D eigenvalue weighted by molar-refractivity contribution is 7.77. The largest absolute Gasteiger partial charge is 0.497 e. The summed E-state index contributed by atoms with van der Waals surface area (Å²) in [6.45, 7) is 0.588. The molecule has 1 aromatic carbocycles. The Morgan fingerprint density at radius 3 is 2.86 bits per heavy atom. The lowest BCUT2D eigenvalue weighted by Gasteiger charge is -2.28. The van der Waals surface area contributed by atoms with E-state index in [0.717, 1.165) is 42.5 Å². The predicted molar refractivity (Wildman–Crippen MR) is 83.8 cm³/mol. The van der Waals surface area contributed by atoms with Crippen molar-refractivity contribution < 1.29 is 13.5 Å². The molecule has 1 unspecified atom stereocenters. The molecule has 0 radical (unpaired) electrons. The molecule has 2 N–H and O–H groups in total. The minimum absolute atomic E-state index is 0.342. The number of benzene rings is 1. The maximum Gasteiger partial charge on any atom is 0.231 e. The topological polar surface area (TPSA) is 89.3 Å². The van der Waals surface area contributed by atoms with Crippen LogP contribution in [-0.2, 0) is 11.3 Å². The van der Waals surface area contributed by atoms with Crippen LogP contribution in [0.15, 0.2) is 18.2 Å². The molecule has 7 nitrogen and oxygen atoms in total. The summed E-state index contributed by atoms with van der Waals surface area (Å²) in [4.78, 5) is 0. The number of hydrogen-bond donors (Lipinski definition) is 2. The van der Waals surface area contributed by atoms with Crippen molar-refractivity contribution >= 4 is 22.3 Å². The third-order valence-corrected chi connectivity index (χ3v) is 4.75. The van der Waals surface area contributed by atoms with E-state index in [-0.39, 0.29) is 0 Å². The van der Waals surface area contributed by atoms with Crippen molar-refractivity contribution in [3.8, 4) is 5.75 Å². The molecule has 22 heavy (non-hydrogen) atoms. The van der Waals surface area contributed by atoms with Crippen LogP contribution in [0.1, 0.15) is 31.7 Å². The number of nitrogens with zero attached hydrogens (tertiary/aromatic N) is 3. The van der Waals surface area contributed by atoms with Gasteiger partial charge in [0.1, 0.15) is 11.3 Å². The number of aromatic nitrogens is 3. The Morgan fingerprint density at radius 2 is 2.18 bits per heavy atom. The fourth-order valence-electron chi connectivity index (χ4n) is 3.10. The molecule has 1 aromatic heterocycles. The number of ether oxygens (including phenoxy) is 1. The summed E-state index contributed by atoms with van der Waals surface area (Å²) in [7, 11) is 1.64. The van der Waals surface area contributed by atoms with Gasteiger partial charge in [0.15, 0.2) is 0 Å². The molecule has 0 saturated heterocycles. The molecule has 1 aliphatic carbocycles. The van der Waals surface area contributed by atoms with Gasteiger partial charge in [-0.2, -0.15) is 0 Å². The molecule has 8 heteroatoms. The minimum atomic E-state index is -1.92. The summed E-state index contributed by atoms with van der Waals surface area (Å²) in [5.74, 6) is 1.23. The van der Waals surface area contributed by atoms with Crippen LogP contribution < -0.4 is 9.46 Å². The third kappa shape index (κ3) is 3.29. The quantitative estimate of drug-likeness (QED) is 0.820. The Balaban J connectivity index is 1.67. The smallest absolute Gasteiger partial charge is 0.231 e. The van der Waals surface area contributed by atoms with Gasteiger partial charge in [-0.1, -0.05) is 5.21 Å². The van der Waals surface area contributed by atoms with Gasteiger partial charge in [-0.3, -0.25) is 4.55 Å². The molecular weight excluding hydrogens is 304 g/mol. The van der Waals surface area contributed by atoms with Crippen LogP contribution in [0.3, 0.4) is 0 Å². The monoisotopic (exact) mass is 324 g/mol. The molecule has 3 rings (SSSR count). The maximum atomic E-state index is 10.7. The molecule has 2 aromatic rings. The molecule has 1 heterocycles. The fourth-order valence-corrected chi connectivity index (χ4v) is 3.48. The molecule has 1 aliphatic rings. The highest BCUT2D eigenvalue weighted by Gasteiger charge is 2.24. The first-order chi connectivity index (χ1) is 10.7. The maximum absolute atomic E-state index is 10.7. The van der Waals surface area contributed by atoms with Crippen molar-refractivity contribution in [2.45, 2.75) is 31.7 Å². The van der Waals surface area contributed by atoms with Gasteiger partial charge in [0, 0.05) is 12.6 Å². The Hall–Kier alpha value is -1.51. The summed E-state index contributed by atoms with van der Waals surface area (Å²) < 4.78 is 29.2. The zero-order chi connectivity index (χ0) is 15.5. The predicted octanol–water partition coefficient (Wildman–Crippen LogP) is 1.90. The average molecular weight is 324 g/mol. The van der Waals surface area contributed by atoms with Crippen molar-refractivity contribution in [2.75, 3.05) is 13.7 Å². The highest BCUT2D eigenvalue weighted by atomic mass is 32.2. The lowest BCUT2D eigenvalue weighted by molar-refractivity contribution is 0.263.